The normalized spacial score (nSPS) is 16.4. The number of thiol groups is 2. The third-order valence-electron chi connectivity index (χ3n) is 8.30. The third kappa shape index (κ3) is 5.46. The Labute approximate surface area is 239 Å². The minimum Gasteiger partial charge on any atom is -0.478 e. The molecule has 0 amide bonds. The molecule has 3 aromatic rings. The molecule has 0 unspecified atom stereocenters. The molecule has 5 rings (SSSR count). The molecule has 0 saturated heterocycles. The van der Waals surface area contributed by atoms with E-state index in [-0.39, 0.29) is 10.8 Å². The Morgan fingerprint density at radius 2 is 1.05 bits per heavy atom. The summed E-state index contributed by atoms with van der Waals surface area (Å²) in [7, 11) is 0. The van der Waals surface area contributed by atoms with Crippen LogP contribution in [-0.4, -0.2) is 47.9 Å². The lowest BCUT2D eigenvalue weighted by Gasteiger charge is -2.34. The molecule has 38 heavy (non-hydrogen) atoms. The number of fused-ring (bicyclic) bond motifs is 2. The van der Waals surface area contributed by atoms with Gasteiger partial charge in [0.1, 0.15) is 25.0 Å². The van der Waals surface area contributed by atoms with Crippen LogP contribution in [-0.2, 0) is 23.9 Å². The largest absolute Gasteiger partial charge is 0.478 e. The van der Waals surface area contributed by atoms with Crippen LogP contribution in [0.3, 0.4) is 0 Å². The second-order valence-electron chi connectivity index (χ2n) is 11.6. The van der Waals surface area contributed by atoms with Gasteiger partial charge in [0.2, 0.25) is 0 Å². The van der Waals surface area contributed by atoms with Crippen molar-refractivity contribution in [1.82, 2.24) is 9.80 Å². The highest BCUT2D eigenvalue weighted by Crippen LogP contribution is 2.40. The van der Waals surface area contributed by atoms with Crippen molar-refractivity contribution in [2.24, 2.45) is 0 Å². The average Bonchev–Trinajstić information content (AvgIpc) is 2.92. The summed E-state index contributed by atoms with van der Waals surface area (Å²) in [5, 5.41) is 0. The topological polar surface area (TPSA) is 24.9 Å². The maximum absolute atomic E-state index is 6.01. The SMILES string of the molecule is CC(C)(c1cccc(C(C)(C)c2ccc3c(c2)CN(CCS)CO3)c1)c1ccc2c(c1)CN(CCS)CO2. The van der Waals surface area contributed by atoms with Crippen LogP contribution in [0.4, 0.5) is 0 Å². The Kier molecular flexibility index (Phi) is 8.07. The fraction of sp³-hybridized carbons (Fsp3) is 0.438. The van der Waals surface area contributed by atoms with Gasteiger partial charge in [-0.1, -0.05) is 64.1 Å². The molecule has 0 N–H and O–H groups in total. The van der Waals surface area contributed by atoms with Crippen LogP contribution in [0.15, 0.2) is 60.7 Å². The number of nitrogens with zero attached hydrogens (tertiary/aromatic N) is 2. The van der Waals surface area contributed by atoms with Crippen LogP contribution >= 0.6 is 25.3 Å². The first-order valence-electron chi connectivity index (χ1n) is 13.5. The standard InChI is InChI=1S/C32H40N2O2S2/c1-31(2,27-8-10-29-23(16-27)19-33(12-14-37)21-35-29)25-6-5-7-26(18-25)32(3,4)28-9-11-30-24(17-28)20-34(13-15-38)22-36-30/h5-11,16-18,37-38H,12-15,19-22H2,1-4H3. The van der Waals surface area contributed by atoms with Gasteiger partial charge in [-0.2, -0.15) is 25.3 Å². The van der Waals surface area contributed by atoms with Crippen molar-refractivity contribution < 1.29 is 9.47 Å². The summed E-state index contributed by atoms with van der Waals surface area (Å²) in [6, 6.07) is 22.5. The van der Waals surface area contributed by atoms with Gasteiger partial charge in [-0.15, -0.1) is 0 Å². The Balaban J connectivity index is 1.43. The molecule has 0 aromatic heterocycles. The molecule has 0 radical (unpaired) electrons. The van der Waals surface area contributed by atoms with Crippen molar-refractivity contribution in [2.75, 3.05) is 38.1 Å². The van der Waals surface area contributed by atoms with Gasteiger partial charge in [-0.25, -0.2) is 0 Å². The zero-order valence-electron chi connectivity index (χ0n) is 23.0. The van der Waals surface area contributed by atoms with E-state index in [9.17, 15) is 0 Å². The number of benzene rings is 3. The number of hydrogen-bond donors (Lipinski definition) is 2. The molecule has 4 nitrogen and oxygen atoms in total. The average molecular weight is 549 g/mol. The van der Waals surface area contributed by atoms with E-state index in [2.05, 4.69) is 123 Å². The van der Waals surface area contributed by atoms with E-state index in [0.717, 1.165) is 49.2 Å². The van der Waals surface area contributed by atoms with E-state index in [1.54, 1.807) is 0 Å². The van der Waals surface area contributed by atoms with E-state index in [1.165, 1.54) is 33.4 Å². The smallest absolute Gasteiger partial charge is 0.142 e. The summed E-state index contributed by atoms with van der Waals surface area (Å²) >= 11 is 8.80. The molecule has 0 spiro atoms. The highest BCUT2D eigenvalue weighted by atomic mass is 32.1. The van der Waals surface area contributed by atoms with Crippen LogP contribution in [0.1, 0.15) is 61.1 Å². The highest BCUT2D eigenvalue weighted by Gasteiger charge is 2.30. The van der Waals surface area contributed by atoms with Gasteiger partial charge in [0.25, 0.3) is 0 Å². The Bertz CT molecular complexity index is 1200. The summed E-state index contributed by atoms with van der Waals surface area (Å²) in [4.78, 5) is 4.60. The van der Waals surface area contributed by atoms with Crippen molar-refractivity contribution in [2.45, 2.75) is 51.6 Å². The van der Waals surface area contributed by atoms with Crippen LogP contribution in [0.2, 0.25) is 0 Å². The molecular weight excluding hydrogens is 508 g/mol. The Morgan fingerprint density at radius 3 is 1.47 bits per heavy atom. The van der Waals surface area contributed by atoms with Crippen LogP contribution in [0, 0.1) is 0 Å². The summed E-state index contributed by atoms with van der Waals surface area (Å²) in [6.45, 7) is 14.2. The van der Waals surface area contributed by atoms with Crippen LogP contribution in [0.25, 0.3) is 0 Å². The number of rotatable bonds is 8. The maximum atomic E-state index is 6.01. The second kappa shape index (κ2) is 11.2. The van der Waals surface area contributed by atoms with Gasteiger partial charge in [-0.3, -0.25) is 9.80 Å². The Hall–Kier alpha value is -2.12. The molecule has 6 heteroatoms. The van der Waals surface area contributed by atoms with Crippen molar-refractivity contribution in [3.63, 3.8) is 0 Å². The fourth-order valence-electron chi connectivity index (χ4n) is 5.56. The predicted octanol–water partition coefficient (Wildman–Crippen LogP) is 6.50. The molecule has 3 aromatic carbocycles. The summed E-state index contributed by atoms with van der Waals surface area (Å²) < 4.78 is 12.0. The quantitative estimate of drug-likeness (QED) is 0.314. The third-order valence-corrected chi connectivity index (χ3v) is 8.70. The lowest BCUT2D eigenvalue weighted by molar-refractivity contribution is 0.102. The summed E-state index contributed by atoms with van der Waals surface area (Å²) in [6.07, 6.45) is 0. The number of ether oxygens (including phenoxy) is 2. The van der Waals surface area contributed by atoms with Gasteiger partial charge in [-0.05, 0) is 46.5 Å². The van der Waals surface area contributed by atoms with Gasteiger partial charge in [0, 0.05) is 59.6 Å². The van der Waals surface area contributed by atoms with Gasteiger partial charge < -0.3 is 9.47 Å². The molecule has 0 aliphatic carbocycles. The van der Waals surface area contributed by atoms with E-state index in [0.29, 0.717) is 13.5 Å². The number of hydrogen-bond acceptors (Lipinski definition) is 6. The monoisotopic (exact) mass is 548 g/mol. The summed E-state index contributed by atoms with van der Waals surface area (Å²) in [5.41, 5.74) is 7.44. The predicted molar refractivity (Wildman–Crippen MR) is 163 cm³/mol. The molecule has 0 bridgehead atoms. The van der Waals surface area contributed by atoms with Gasteiger partial charge in [0.15, 0.2) is 0 Å². The zero-order chi connectivity index (χ0) is 26.9. The molecule has 2 aliphatic heterocycles. The second-order valence-corrected chi connectivity index (χ2v) is 12.5. The minimum atomic E-state index is -0.149. The van der Waals surface area contributed by atoms with Crippen molar-refractivity contribution >= 4 is 25.3 Å². The lowest BCUT2D eigenvalue weighted by atomic mass is 9.73. The van der Waals surface area contributed by atoms with E-state index >= 15 is 0 Å². The fourth-order valence-corrected chi connectivity index (χ4v) is 6.13. The molecule has 202 valence electrons. The summed E-state index contributed by atoms with van der Waals surface area (Å²) in [5.74, 6) is 3.66. The molecule has 0 atom stereocenters. The van der Waals surface area contributed by atoms with E-state index in [4.69, 9.17) is 9.47 Å². The van der Waals surface area contributed by atoms with E-state index < -0.39 is 0 Å². The molecule has 0 saturated carbocycles. The Morgan fingerprint density at radius 1 is 0.632 bits per heavy atom. The van der Waals surface area contributed by atoms with Crippen LogP contribution in [0.5, 0.6) is 11.5 Å². The first-order valence-corrected chi connectivity index (χ1v) is 14.8. The molecule has 2 heterocycles. The van der Waals surface area contributed by atoms with Crippen LogP contribution < -0.4 is 9.47 Å². The maximum Gasteiger partial charge on any atom is 0.142 e. The first kappa shape index (κ1) is 27.4. The minimum absolute atomic E-state index is 0.149. The van der Waals surface area contributed by atoms with Crippen molar-refractivity contribution in [1.29, 1.82) is 0 Å². The molecule has 0 fully saturated rings. The first-order chi connectivity index (χ1) is 18.2. The van der Waals surface area contributed by atoms with Gasteiger partial charge >= 0.3 is 0 Å². The highest BCUT2D eigenvalue weighted by molar-refractivity contribution is 7.80. The lowest BCUT2D eigenvalue weighted by Crippen LogP contribution is -2.34. The van der Waals surface area contributed by atoms with Gasteiger partial charge in [0.05, 0.1) is 0 Å². The molecule has 2 aliphatic rings. The zero-order valence-corrected chi connectivity index (χ0v) is 24.8. The van der Waals surface area contributed by atoms with Crippen molar-refractivity contribution in [3.8, 4) is 11.5 Å². The van der Waals surface area contributed by atoms with E-state index in [1.807, 2.05) is 0 Å². The van der Waals surface area contributed by atoms with Crippen molar-refractivity contribution in [3.05, 3.63) is 94.0 Å². The molecular formula is C32H40N2O2S2.